The van der Waals surface area contributed by atoms with E-state index in [9.17, 15) is 0 Å². The molecule has 1 aromatic heterocycles. The molecule has 0 aliphatic carbocycles. The van der Waals surface area contributed by atoms with Crippen LogP contribution in [0.4, 0.5) is 5.82 Å². The van der Waals surface area contributed by atoms with Crippen LogP contribution in [-0.4, -0.2) is 17.4 Å². The molecule has 1 heterocycles. The maximum absolute atomic E-state index is 7.52. The van der Waals surface area contributed by atoms with E-state index in [0.717, 1.165) is 30.0 Å². The van der Waals surface area contributed by atoms with Gasteiger partial charge in [-0.15, -0.1) is 0 Å². The lowest BCUT2D eigenvalue weighted by molar-refractivity contribution is 0.962. The summed E-state index contributed by atoms with van der Waals surface area (Å²) in [6, 6.07) is 1.94. The Kier molecular flexibility index (Phi) is 3.66. The fourth-order valence-corrected chi connectivity index (χ4v) is 1.55. The Morgan fingerprint density at radius 1 is 1.53 bits per heavy atom. The summed E-state index contributed by atoms with van der Waals surface area (Å²) < 4.78 is 0. The maximum atomic E-state index is 7.52. The van der Waals surface area contributed by atoms with Crippen molar-refractivity contribution in [3.8, 4) is 0 Å². The highest BCUT2D eigenvalue weighted by Crippen LogP contribution is 2.17. The van der Waals surface area contributed by atoms with Crippen LogP contribution in [0.1, 0.15) is 30.2 Å². The molecule has 0 amide bonds. The van der Waals surface area contributed by atoms with Crippen LogP contribution in [0.3, 0.4) is 0 Å². The van der Waals surface area contributed by atoms with Crippen LogP contribution in [-0.2, 0) is 0 Å². The van der Waals surface area contributed by atoms with Crippen molar-refractivity contribution in [2.75, 3.05) is 11.9 Å². The van der Waals surface area contributed by atoms with Crippen LogP contribution >= 0.6 is 0 Å². The van der Waals surface area contributed by atoms with Crippen molar-refractivity contribution < 1.29 is 0 Å². The van der Waals surface area contributed by atoms with Crippen molar-refractivity contribution in [3.05, 3.63) is 22.9 Å². The summed E-state index contributed by atoms with van der Waals surface area (Å²) in [5.74, 6) is 0.792. The highest BCUT2D eigenvalue weighted by atomic mass is 15.0. The number of hydrogen-bond acceptors (Lipinski definition) is 3. The van der Waals surface area contributed by atoms with Crippen molar-refractivity contribution in [1.82, 2.24) is 4.98 Å². The largest absolute Gasteiger partial charge is 0.384 e. The van der Waals surface area contributed by atoms with Gasteiger partial charge in [0.2, 0.25) is 0 Å². The Morgan fingerprint density at radius 3 is 2.73 bits per heavy atom. The first-order chi connectivity index (χ1) is 7.06. The minimum absolute atomic E-state index is 0.0682. The van der Waals surface area contributed by atoms with E-state index >= 15 is 0 Å². The van der Waals surface area contributed by atoms with Crippen LogP contribution in [0, 0.1) is 19.3 Å². The van der Waals surface area contributed by atoms with Crippen LogP contribution in [0.2, 0.25) is 0 Å². The van der Waals surface area contributed by atoms with Crippen LogP contribution in [0.15, 0.2) is 6.07 Å². The number of amidine groups is 1. The Balaban J connectivity index is 3.14. The summed E-state index contributed by atoms with van der Waals surface area (Å²) in [7, 11) is 0. The molecule has 0 atom stereocenters. The number of nitrogens with zero attached hydrogens (tertiary/aromatic N) is 1. The highest BCUT2D eigenvalue weighted by molar-refractivity contribution is 6.00. The first-order valence-electron chi connectivity index (χ1n) is 5.12. The van der Waals surface area contributed by atoms with Crippen molar-refractivity contribution in [2.45, 2.75) is 27.2 Å². The molecule has 0 spiro atoms. The number of nitrogen functional groups attached to an aromatic ring is 1. The van der Waals surface area contributed by atoms with E-state index in [-0.39, 0.29) is 5.84 Å². The molecule has 15 heavy (non-hydrogen) atoms. The second-order valence-corrected chi connectivity index (χ2v) is 3.64. The molecule has 0 aliphatic rings. The van der Waals surface area contributed by atoms with E-state index in [1.165, 1.54) is 0 Å². The molecule has 0 aliphatic heterocycles. The highest BCUT2D eigenvalue weighted by Gasteiger charge is 2.10. The zero-order valence-electron chi connectivity index (χ0n) is 9.52. The molecule has 0 aromatic carbocycles. The number of aromatic nitrogens is 1. The molecule has 82 valence electrons. The summed E-state index contributed by atoms with van der Waals surface area (Å²) in [5, 5.41) is 10.7. The molecular weight excluding hydrogens is 188 g/mol. The fourth-order valence-electron chi connectivity index (χ4n) is 1.55. The molecule has 4 heteroatoms. The fraction of sp³-hybridized carbons (Fsp3) is 0.455. The summed E-state index contributed by atoms with van der Waals surface area (Å²) in [6.45, 7) is 6.82. The first kappa shape index (κ1) is 11.5. The zero-order chi connectivity index (χ0) is 11.4. The van der Waals surface area contributed by atoms with E-state index in [4.69, 9.17) is 11.1 Å². The van der Waals surface area contributed by atoms with E-state index in [1.54, 1.807) is 0 Å². The van der Waals surface area contributed by atoms with Gasteiger partial charge in [0.15, 0.2) is 0 Å². The Labute approximate surface area is 90.4 Å². The van der Waals surface area contributed by atoms with Gasteiger partial charge in [-0.25, -0.2) is 4.98 Å². The van der Waals surface area contributed by atoms with E-state index in [1.807, 2.05) is 19.9 Å². The topological polar surface area (TPSA) is 74.8 Å². The number of rotatable bonds is 4. The van der Waals surface area contributed by atoms with Crippen molar-refractivity contribution in [1.29, 1.82) is 5.41 Å². The zero-order valence-corrected chi connectivity index (χ0v) is 9.52. The molecule has 0 bridgehead atoms. The number of nitrogens with two attached hydrogens (primary N) is 1. The third-order valence-corrected chi connectivity index (χ3v) is 2.16. The van der Waals surface area contributed by atoms with Crippen LogP contribution in [0.25, 0.3) is 0 Å². The second kappa shape index (κ2) is 4.77. The molecule has 1 rings (SSSR count). The van der Waals surface area contributed by atoms with Gasteiger partial charge in [-0.3, -0.25) is 5.41 Å². The van der Waals surface area contributed by atoms with Gasteiger partial charge < -0.3 is 11.1 Å². The van der Waals surface area contributed by atoms with Gasteiger partial charge in [-0.1, -0.05) is 6.92 Å². The standard InChI is InChI=1S/C11H18N4/c1-4-5-14-11-9(10(12)13)7(2)6-8(3)15-11/h6H,4-5H2,1-3H3,(H3,12,13)(H,14,15). The minimum Gasteiger partial charge on any atom is -0.384 e. The van der Waals surface area contributed by atoms with Crippen molar-refractivity contribution in [2.24, 2.45) is 5.73 Å². The third kappa shape index (κ3) is 2.68. The predicted octanol–water partition coefficient (Wildman–Crippen LogP) is 1.80. The average Bonchev–Trinajstić information content (AvgIpc) is 2.12. The number of aryl methyl sites for hydroxylation is 2. The van der Waals surface area contributed by atoms with E-state index in [0.29, 0.717) is 5.56 Å². The average molecular weight is 206 g/mol. The van der Waals surface area contributed by atoms with Gasteiger partial charge in [0.1, 0.15) is 11.7 Å². The van der Waals surface area contributed by atoms with Crippen molar-refractivity contribution >= 4 is 11.7 Å². The molecular formula is C11H18N4. The second-order valence-electron chi connectivity index (χ2n) is 3.64. The molecule has 0 unspecified atom stereocenters. The summed E-state index contributed by atoms with van der Waals surface area (Å²) in [6.07, 6.45) is 1.02. The molecule has 1 aromatic rings. The van der Waals surface area contributed by atoms with Crippen molar-refractivity contribution in [3.63, 3.8) is 0 Å². The Bertz CT molecular complexity index is 371. The molecule has 4 nitrogen and oxygen atoms in total. The number of anilines is 1. The number of hydrogen-bond donors (Lipinski definition) is 3. The summed E-state index contributed by atoms with van der Waals surface area (Å²) >= 11 is 0. The molecule has 4 N–H and O–H groups in total. The minimum atomic E-state index is 0.0682. The normalized spacial score (nSPS) is 10.1. The lowest BCUT2D eigenvalue weighted by Gasteiger charge is -2.12. The van der Waals surface area contributed by atoms with Crippen LogP contribution < -0.4 is 11.1 Å². The van der Waals surface area contributed by atoms with Crippen LogP contribution in [0.5, 0.6) is 0 Å². The smallest absolute Gasteiger partial charge is 0.137 e. The molecule has 0 radical (unpaired) electrons. The number of nitrogens with one attached hydrogen (secondary N) is 2. The lowest BCUT2D eigenvalue weighted by atomic mass is 10.1. The van der Waals surface area contributed by atoms with Gasteiger partial charge >= 0.3 is 0 Å². The quantitative estimate of drug-likeness (QED) is 0.519. The SMILES string of the molecule is CCCNc1nc(C)cc(C)c1C(=N)N. The van der Waals surface area contributed by atoms with Gasteiger partial charge in [0, 0.05) is 12.2 Å². The third-order valence-electron chi connectivity index (χ3n) is 2.16. The van der Waals surface area contributed by atoms with Gasteiger partial charge in [-0.2, -0.15) is 0 Å². The maximum Gasteiger partial charge on any atom is 0.137 e. The summed E-state index contributed by atoms with van der Waals surface area (Å²) in [5.41, 5.74) is 8.19. The van der Waals surface area contributed by atoms with Gasteiger partial charge in [0.25, 0.3) is 0 Å². The monoisotopic (exact) mass is 206 g/mol. The van der Waals surface area contributed by atoms with E-state index in [2.05, 4.69) is 17.2 Å². The van der Waals surface area contributed by atoms with E-state index < -0.39 is 0 Å². The Hall–Kier alpha value is -1.58. The number of pyridine rings is 1. The molecule has 0 fully saturated rings. The van der Waals surface area contributed by atoms with Gasteiger partial charge in [0.05, 0.1) is 5.56 Å². The first-order valence-corrected chi connectivity index (χ1v) is 5.12. The predicted molar refractivity (Wildman–Crippen MR) is 63.5 cm³/mol. The lowest BCUT2D eigenvalue weighted by Crippen LogP contribution is -2.18. The van der Waals surface area contributed by atoms with Gasteiger partial charge in [-0.05, 0) is 31.9 Å². The summed E-state index contributed by atoms with van der Waals surface area (Å²) in [4.78, 5) is 4.36. The Morgan fingerprint density at radius 2 is 2.20 bits per heavy atom. The molecule has 0 saturated heterocycles. The molecule has 0 saturated carbocycles.